The number of carboxylic acids is 1. The van der Waals surface area contributed by atoms with Gasteiger partial charge in [0.2, 0.25) is 0 Å². The van der Waals surface area contributed by atoms with E-state index in [4.69, 9.17) is 5.11 Å². The Balaban J connectivity index is 2.63. The Kier molecular flexibility index (Phi) is 2.63. The minimum absolute atomic E-state index is 0.315. The molecule has 0 fully saturated rings. The van der Waals surface area contributed by atoms with Crippen LogP contribution in [0.5, 0.6) is 0 Å². The lowest BCUT2D eigenvalue weighted by Crippen LogP contribution is -2.31. The van der Waals surface area contributed by atoms with Gasteiger partial charge in [0.05, 0.1) is 11.8 Å². The first-order valence-electron chi connectivity index (χ1n) is 3.57. The smallest absolute Gasteiger partial charge is 0.323 e. The second-order valence-corrected chi connectivity index (χ2v) is 2.54. The molecule has 1 rings (SSSR count). The second kappa shape index (κ2) is 3.70. The lowest BCUT2D eigenvalue weighted by atomic mass is 10.3. The molecule has 1 heterocycles. The third kappa shape index (κ3) is 2.29. The number of hydrogen-bond donors (Lipinski definition) is 2. The normalized spacial score (nSPS) is 9.62. The Labute approximate surface area is 74.2 Å². The van der Waals surface area contributed by atoms with E-state index in [1.165, 1.54) is 19.4 Å². The van der Waals surface area contributed by atoms with Crippen molar-refractivity contribution in [1.29, 1.82) is 0 Å². The number of carboxylic acid groups (broad SMARTS) is 1. The van der Waals surface area contributed by atoms with Gasteiger partial charge in [-0.05, 0) is 0 Å². The minimum atomic E-state index is -1.04. The highest BCUT2D eigenvalue weighted by Crippen LogP contribution is 1.98. The Morgan fingerprint density at radius 3 is 2.85 bits per heavy atom. The number of amides is 1. The molecule has 1 aromatic rings. The number of H-pyrrole nitrogens is 1. The number of nitrogens with zero attached hydrogens (tertiary/aromatic N) is 2. The molecule has 0 aromatic carbocycles. The predicted molar refractivity (Wildman–Crippen MR) is 43.2 cm³/mol. The van der Waals surface area contributed by atoms with Crippen molar-refractivity contribution >= 4 is 11.9 Å². The van der Waals surface area contributed by atoms with Crippen LogP contribution in [0, 0.1) is 0 Å². The molecule has 0 aliphatic carbocycles. The maximum Gasteiger partial charge on any atom is 0.323 e. The Hall–Kier alpha value is -1.85. The molecule has 6 heteroatoms. The van der Waals surface area contributed by atoms with E-state index in [0.717, 1.165) is 4.90 Å². The maximum atomic E-state index is 11.3. The molecule has 0 saturated carbocycles. The Morgan fingerprint density at radius 1 is 1.69 bits per heavy atom. The molecule has 0 radical (unpaired) electrons. The van der Waals surface area contributed by atoms with Crippen molar-refractivity contribution in [1.82, 2.24) is 15.1 Å². The van der Waals surface area contributed by atoms with Crippen LogP contribution in [0.25, 0.3) is 0 Å². The summed E-state index contributed by atoms with van der Waals surface area (Å²) in [6.07, 6.45) is 2.77. The summed E-state index contributed by atoms with van der Waals surface area (Å²) in [5, 5.41) is 14.5. The lowest BCUT2D eigenvalue weighted by molar-refractivity contribution is -0.137. The molecule has 1 amide bonds. The van der Waals surface area contributed by atoms with Gasteiger partial charge in [0, 0.05) is 13.2 Å². The summed E-state index contributed by atoms with van der Waals surface area (Å²) in [6, 6.07) is 0. The summed E-state index contributed by atoms with van der Waals surface area (Å²) in [5.74, 6) is -1.41. The van der Waals surface area contributed by atoms with Gasteiger partial charge in [-0.3, -0.25) is 14.7 Å². The average molecular weight is 183 g/mol. The van der Waals surface area contributed by atoms with E-state index in [-0.39, 0.29) is 12.5 Å². The van der Waals surface area contributed by atoms with Crippen LogP contribution in [-0.2, 0) is 4.79 Å². The van der Waals surface area contributed by atoms with Gasteiger partial charge < -0.3 is 10.0 Å². The van der Waals surface area contributed by atoms with E-state index in [9.17, 15) is 9.59 Å². The van der Waals surface area contributed by atoms with Crippen molar-refractivity contribution in [3.05, 3.63) is 18.0 Å². The van der Waals surface area contributed by atoms with Gasteiger partial charge in [0.25, 0.3) is 5.91 Å². The molecule has 13 heavy (non-hydrogen) atoms. The van der Waals surface area contributed by atoms with Crippen LogP contribution < -0.4 is 0 Å². The van der Waals surface area contributed by atoms with Crippen molar-refractivity contribution in [2.75, 3.05) is 13.6 Å². The third-order valence-corrected chi connectivity index (χ3v) is 1.46. The maximum absolute atomic E-state index is 11.3. The predicted octanol–water partition coefficient (Wildman–Crippen LogP) is -0.434. The fourth-order valence-electron chi connectivity index (χ4n) is 0.863. The molecule has 70 valence electrons. The van der Waals surface area contributed by atoms with Crippen molar-refractivity contribution < 1.29 is 14.7 Å². The zero-order valence-corrected chi connectivity index (χ0v) is 7.02. The highest BCUT2D eigenvalue weighted by atomic mass is 16.4. The summed E-state index contributed by atoms with van der Waals surface area (Å²) < 4.78 is 0. The van der Waals surface area contributed by atoms with E-state index in [1.54, 1.807) is 0 Å². The van der Waals surface area contributed by atoms with E-state index >= 15 is 0 Å². The van der Waals surface area contributed by atoms with Crippen LogP contribution in [-0.4, -0.2) is 45.7 Å². The largest absolute Gasteiger partial charge is 0.480 e. The number of carbonyl (C=O) groups excluding carboxylic acids is 1. The summed E-state index contributed by atoms with van der Waals surface area (Å²) in [7, 11) is 1.42. The highest BCUT2D eigenvalue weighted by Gasteiger charge is 2.14. The van der Waals surface area contributed by atoms with Crippen molar-refractivity contribution in [2.24, 2.45) is 0 Å². The molecule has 0 atom stereocenters. The van der Waals surface area contributed by atoms with Crippen LogP contribution in [0.4, 0.5) is 0 Å². The fourth-order valence-corrected chi connectivity index (χ4v) is 0.863. The van der Waals surface area contributed by atoms with E-state index in [0.29, 0.717) is 5.56 Å². The van der Waals surface area contributed by atoms with E-state index in [2.05, 4.69) is 10.2 Å². The van der Waals surface area contributed by atoms with Gasteiger partial charge in [-0.2, -0.15) is 5.10 Å². The first-order valence-corrected chi connectivity index (χ1v) is 3.57. The first-order chi connectivity index (χ1) is 6.11. The number of carbonyl (C=O) groups is 2. The SMILES string of the molecule is CN(CC(=O)O)C(=O)c1cn[nH]c1. The summed E-state index contributed by atoms with van der Waals surface area (Å²) in [6.45, 7) is -0.315. The number of likely N-dealkylation sites (N-methyl/N-ethyl adjacent to an activating group) is 1. The zero-order chi connectivity index (χ0) is 9.84. The molecule has 0 saturated heterocycles. The standard InChI is InChI=1S/C7H9N3O3/c1-10(4-6(11)12)7(13)5-2-8-9-3-5/h2-3H,4H2,1H3,(H,8,9)(H,11,12). The number of aromatic amines is 1. The van der Waals surface area contributed by atoms with Crippen LogP contribution in [0.2, 0.25) is 0 Å². The number of hydrogen-bond acceptors (Lipinski definition) is 3. The fraction of sp³-hybridized carbons (Fsp3) is 0.286. The summed E-state index contributed by atoms with van der Waals surface area (Å²) in [5.41, 5.74) is 0.351. The van der Waals surface area contributed by atoms with Gasteiger partial charge in [-0.1, -0.05) is 0 Å². The first kappa shape index (κ1) is 9.24. The molecule has 0 bridgehead atoms. The van der Waals surface area contributed by atoms with Gasteiger partial charge >= 0.3 is 5.97 Å². The summed E-state index contributed by atoms with van der Waals surface area (Å²) in [4.78, 5) is 22.7. The number of aliphatic carboxylic acids is 1. The quantitative estimate of drug-likeness (QED) is 0.665. The van der Waals surface area contributed by atoms with Crippen molar-refractivity contribution in [3.63, 3.8) is 0 Å². The second-order valence-electron chi connectivity index (χ2n) is 2.54. The molecular formula is C7H9N3O3. The van der Waals surface area contributed by atoms with Gasteiger partial charge in [0.15, 0.2) is 0 Å². The molecule has 0 aliphatic heterocycles. The summed E-state index contributed by atoms with van der Waals surface area (Å²) >= 11 is 0. The topological polar surface area (TPSA) is 86.3 Å². The Morgan fingerprint density at radius 2 is 2.38 bits per heavy atom. The third-order valence-electron chi connectivity index (χ3n) is 1.46. The van der Waals surface area contributed by atoms with Crippen molar-refractivity contribution in [2.45, 2.75) is 0 Å². The lowest BCUT2D eigenvalue weighted by Gasteiger charge is -2.12. The van der Waals surface area contributed by atoms with Crippen LogP contribution >= 0.6 is 0 Å². The van der Waals surface area contributed by atoms with Gasteiger partial charge in [0.1, 0.15) is 6.54 Å². The van der Waals surface area contributed by atoms with E-state index in [1.807, 2.05) is 0 Å². The Bertz CT molecular complexity index is 307. The van der Waals surface area contributed by atoms with Crippen LogP contribution in [0.1, 0.15) is 10.4 Å². The number of nitrogens with one attached hydrogen (secondary N) is 1. The van der Waals surface area contributed by atoms with E-state index < -0.39 is 5.97 Å². The number of aromatic nitrogens is 2. The monoisotopic (exact) mass is 183 g/mol. The van der Waals surface area contributed by atoms with Crippen molar-refractivity contribution in [3.8, 4) is 0 Å². The van der Waals surface area contributed by atoms with Gasteiger partial charge in [-0.25, -0.2) is 0 Å². The van der Waals surface area contributed by atoms with Crippen LogP contribution in [0.15, 0.2) is 12.4 Å². The minimum Gasteiger partial charge on any atom is -0.480 e. The van der Waals surface area contributed by atoms with Gasteiger partial charge in [-0.15, -0.1) is 0 Å². The molecule has 0 unspecified atom stereocenters. The number of rotatable bonds is 3. The molecule has 6 nitrogen and oxygen atoms in total. The molecular weight excluding hydrogens is 174 g/mol. The molecule has 0 aliphatic rings. The molecule has 1 aromatic heterocycles. The average Bonchev–Trinajstić information content (AvgIpc) is 2.53. The molecule has 2 N–H and O–H groups in total. The molecule has 0 spiro atoms. The highest BCUT2D eigenvalue weighted by molar-refractivity contribution is 5.95. The van der Waals surface area contributed by atoms with Crippen LogP contribution in [0.3, 0.4) is 0 Å². The zero-order valence-electron chi connectivity index (χ0n) is 7.02.